The first-order valence-electron chi connectivity index (χ1n) is 4.51. The lowest BCUT2D eigenvalue weighted by Crippen LogP contribution is -2.09. The van der Waals surface area contributed by atoms with Crippen molar-refractivity contribution in [2.45, 2.75) is 6.54 Å². The van der Waals surface area contributed by atoms with Gasteiger partial charge in [-0.1, -0.05) is 5.21 Å². The predicted octanol–water partition coefficient (Wildman–Crippen LogP) is 0.261. The number of benzene rings is 1. The summed E-state index contributed by atoms with van der Waals surface area (Å²) in [6.45, 7) is -0.158. The Balaban J connectivity index is 2.77. The van der Waals surface area contributed by atoms with Crippen molar-refractivity contribution in [3.05, 3.63) is 23.5 Å². The molecule has 0 aliphatic carbocycles. The highest BCUT2D eigenvalue weighted by Crippen LogP contribution is 2.19. The minimum absolute atomic E-state index is 0.0697. The number of carbonyl (C=O) groups is 1. The molecule has 7 heteroatoms. The first-order valence-corrected chi connectivity index (χ1v) is 4.51. The first-order chi connectivity index (χ1) is 7.65. The average Bonchev–Trinajstić information content (AvgIpc) is 2.61. The van der Waals surface area contributed by atoms with Gasteiger partial charge in [0, 0.05) is 0 Å². The first kappa shape index (κ1) is 10.5. The topological polar surface area (TPSA) is 88.2 Å². The van der Waals surface area contributed by atoms with Crippen molar-refractivity contribution in [3.63, 3.8) is 0 Å². The van der Waals surface area contributed by atoms with Crippen molar-refractivity contribution in [3.8, 4) is 0 Å². The molecule has 0 saturated carbocycles. The molecule has 0 aliphatic heterocycles. The largest absolute Gasteiger partial charge is 0.478 e. The molecule has 2 rings (SSSR count). The van der Waals surface area contributed by atoms with Gasteiger partial charge in [-0.05, 0) is 12.1 Å². The molecular weight excluding hydrogens is 217 g/mol. The van der Waals surface area contributed by atoms with Crippen LogP contribution in [0.25, 0.3) is 11.0 Å². The van der Waals surface area contributed by atoms with Crippen molar-refractivity contribution in [1.82, 2.24) is 15.0 Å². The van der Waals surface area contributed by atoms with Gasteiger partial charge in [0.05, 0.1) is 13.2 Å². The highest BCUT2D eigenvalue weighted by molar-refractivity contribution is 6.01. The zero-order valence-electron chi connectivity index (χ0n) is 8.09. The maximum absolute atomic E-state index is 13.4. The van der Waals surface area contributed by atoms with Crippen molar-refractivity contribution in [2.75, 3.05) is 6.61 Å². The fraction of sp³-hybridized carbons (Fsp3) is 0.222. The second-order valence-corrected chi connectivity index (χ2v) is 3.13. The predicted molar refractivity (Wildman–Crippen MR) is 51.5 cm³/mol. The molecule has 0 atom stereocenters. The number of aromatic carboxylic acids is 1. The van der Waals surface area contributed by atoms with E-state index in [1.54, 1.807) is 0 Å². The van der Waals surface area contributed by atoms with Gasteiger partial charge in [-0.2, -0.15) is 0 Å². The summed E-state index contributed by atoms with van der Waals surface area (Å²) in [5.41, 5.74) is -0.107. The Labute approximate surface area is 88.9 Å². The Morgan fingerprint density at radius 2 is 2.25 bits per heavy atom. The molecule has 6 nitrogen and oxygen atoms in total. The van der Waals surface area contributed by atoms with E-state index >= 15 is 0 Å². The monoisotopic (exact) mass is 225 g/mol. The van der Waals surface area contributed by atoms with E-state index in [0.29, 0.717) is 0 Å². The normalized spacial score (nSPS) is 10.9. The second kappa shape index (κ2) is 3.86. The molecule has 0 saturated heterocycles. The van der Waals surface area contributed by atoms with Gasteiger partial charge < -0.3 is 10.2 Å². The molecule has 1 aromatic heterocycles. The highest BCUT2D eigenvalue weighted by Gasteiger charge is 2.19. The van der Waals surface area contributed by atoms with Crippen molar-refractivity contribution in [2.24, 2.45) is 0 Å². The molecule has 0 fully saturated rings. The third kappa shape index (κ3) is 1.50. The van der Waals surface area contributed by atoms with Crippen LogP contribution in [0.5, 0.6) is 0 Å². The smallest absolute Gasteiger partial charge is 0.340 e. The molecule has 1 heterocycles. The zero-order chi connectivity index (χ0) is 11.7. The van der Waals surface area contributed by atoms with E-state index in [-0.39, 0.29) is 24.2 Å². The van der Waals surface area contributed by atoms with Gasteiger partial charge in [-0.3, -0.25) is 0 Å². The van der Waals surface area contributed by atoms with Gasteiger partial charge >= 0.3 is 5.97 Å². The van der Waals surface area contributed by atoms with Crippen LogP contribution in [0.3, 0.4) is 0 Å². The van der Waals surface area contributed by atoms with Crippen LogP contribution in [0.1, 0.15) is 10.4 Å². The quantitative estimate of drug-likeness (QED) is 0.782. The minimum Gasteiger partial charge on any atom is -0.478 e. The second-order valence-electron chi connectivity index (χ2n) is 3.13. The Morgan fingerprint density at radius 1 is 1.50 bits per heavy atom. The molecule has 0 spiro atoms. The third-order valence-corrected chi connectivity index (χ3v) is 2.15. The highest BCUT2D eigenvalue weighted by atomic mass is 19.1. The van der Waals surface area contributed by atoms with Crippen LogP contribution in [0.4, 0.5) is 4.39 Å². The molecule has 0 radical (unpaired) electrons. The molecule has 2 N–H and O–H groups in total. The number of halogens is 1. The molecule has 16 heavy (non-hydrogen) atoms. The number of nitrogens with zero attached hydrogens (tertiary/aromatic N) is 3. The van der Waals surface area contributed by atoms with E-state index in [1.165, 1.54) is 10.7 Å². The van der Waals surface area contributed by atoms with E-state index < -0.39 is 17.3 Å². The molecule has 0 unspecified atom stereocenters. The fourth-order valence-electron chi connectivity index (χ4n) is 1.50. The van der Waals surface area contributed by atoms with Gasteiger partial charge in [0.15, 0.2) is 0 Å². The van der Waals surface area contributed by atoms with Crippen LogP contribution < -0.4 is 0 Å². The Morgan fingerprint density at radius 3 is 2.88 bits per heavy atom. The van der Waals surface area contributed by atoms with Gasteiger partial charge in [-0.25, -0.2) is 13.9 Å². The Hall–Kier alpha value is -2.02. The summed E-state index contributed by atoms with van der Waals surface area (Å²) in [5.74, 6) is -2.23. The van der Waals surface area contributed by atoms with Crippen LogP contribution in [0.15, 0.2) is 12.1 Å². The van der Waals surface area contributed by atoms with Gasteiger partial charge in [0.2, 0.25) is 0 Å². The molecule has 84 valence electrons. The number of hydrogen-bond acceptors (Lipinski definition) is 4. The summed E-state index contributed by atoms with van der Waals surface area (Å²) >= 11 is 0. The third-order valence-electron chi connectivity index (χ3n) is 2.15. The van der Waals surface area contributed by atoms with Crippen LogP contribution >= 0.6 is 0 Å². The van der Waals surface area contributed by atoms with E-state index in [2.05, 4.69) is 10.3 Å². The lowest BCUT2D eigenvalue weighted by Gasteiger charge is -2.03. The summed E-state index contributed by atoms with van der Waals surface area (Å²) in [6.07, 6.45) is 0. The number of aliphatic hydroxyl groups is 1. The van der Waals surface area contributed by atoms with Crippen LogP contribution in [-0.2, 0) is 6.54 Å². The lowest BCUT2D eigenvalue weighted by atomic mass is 10.1. The van der Waals surface area contributed by atoms with Gasteiger partial charge in [0.1, 0.15) is 22.4 Å². The van der Waals surface area contributed by atoms with Crippen LogP contribution in [0, 0.1) is 5.82 Å². The van der Waals surface area contributed by atoms with E-state index in [1.807, 2.05) is 0 Å². The van der Waals surface area contributed by atoms with Crippen molar-refractivity contribution in [1.29, 1.82) is 0 Å². The molecule has 0 amide bonds. The van der Waals surface area contributed by atoms with Gasteiger partial charge in [0.25, 0.3) is 0 Å². The summed E-state index contributed by atoms with van der Waals surface area (Å²) < 4.78 is 14.5. The molecule has 1 aromatic carbocycles. The molecule has 0 aliphatic rings. The van der Waals surface area contributed by atoms with E-state index in [9.17, 15) is 9.18 Å². The van der Waals surface area contributed by atoms with Crippen molar-refractivity contribution < 1.29 is 19.4 Å². The van der Waals surface area contributed by atoms with Gasteiger partial charge in [-0.15, -0.1) is 5.10 Å². The van der Waals surface area contributed by atoms with Crippen molar-refractivity contribution >= 4 is 17.0 Å². The Kier molecular flexibility index (Phi) is 2.53. The number of hydrogen-bond donors (Lipinski definition) is 2. The summed E-state index contributed by atoms with van der Waals surface area (Å²) in [5, 5.41) is 25.0. The molecule has 0 bridgehead atoms. The van der Waals surface area contributed by atoms with E-state index in [0.717, 1.165) is 6.07 Å². The van der Waals surface area contributed by atoms with Crippen LogP contribution in [0.2, 0.25) is 0 Å². The van der Waals surface area contributed by atoms with E-state index in [4.69, 9.17) is 10.2 Å². The minimum atomic E-state index is -1.38. The molecular formula is C9H8FN3O3. The summed E-state index contributed by atoms with van der Waals surface area (Å²) in [6, 6.07) is 2.38. The lowest BCUT2D eigenvalue weighted by molar-refractivity contribution is 0.0693. The fourth-order valence-corrected chi connectivity index (χ4v) is 1.50. The number of rotatable bonds is 3. The SMILES string of the molecule is O=C(O)c1c(F)ccc2nnn(CCO)c12. The number of fused-ring (bicyclic) bond motifs is 1. The number of carboxylic acids is 1. The zero-order valence-corrected chi connectivity index (χ0v) is 8.09. The summed E-state index contributed by atoms with van der Waals surface area (Å²) in [4.78, 5) is 10.9. The molecule has 2 aromatic rings. The number of aliphatic hydroxyl groups excluding tert-OH is 1. The average molecular weight is 225 g/mol. The Bertz CT molecular complexity index is 552. The number of carboxylic acid groups (broad SMARTS) is 1. The number of aromatic nitrogens is 3. The standard InChI is InChI=1S/C9H8FN3O3/c10-5-1-2-6-8(7(5)9(15)16)13(3-4-14)12-11-6/h1-2,14H,3-4H2,(H,15,16). The maximum Gasteiger partial charge on any atom is 0.340 e. The summed E-state index contributed by atoms with van der Waals surface area (Å²) in [7, 11) is 0. The van der Waals surface area contributed by atoms with Crippen LogP contribution in [-0.4, -0.2) is 37.8 Å². The maximum atomic E-state index is 13.4.